The molecule has 0 aliphatic carbocycles. The van der Waals surface area contributed by atoms with Gasteiger partial charge in [0.25, 0.3) is 5.56 Å². The van der Waals surface area contributed by atoms with Gasteiger partial charge in [0, 0.05) is 6.20 Å². The second-order valence-electron chi connectivity index (χ2n) is 3.80. The Hall–Kier alpha value is -2.10. The largest absolute Gasteiger partial charge is 0.493 e. The maximum Gasteiger partial charge on any atom is 0.269 e. The van der Waals surface area contributed by atoms with Crippen molar-refractivity contribution < 1.29 is 5.11 Å². The number of hydrogen-bond donors (Lipinski definition) is 1. The first-order valence-electron chi connectivity index (χ1n) is 4.95. The van der Waals surface area contributed by atoms with Crippen LogP contribution in [0.25, 0.3) is 11.7 Å². The highest BCUT2D eigenvalue weighted by atomic mass is 16.3. The van der Waals surface area contributed by atoms with E-state index in [1.807, 2.05) is 13.8 Å². The van der Waals surface area contributed by atoms with Crippen LogP contribution in [0, 0.1) is 0 Å². The average molecular weight is 216 g/mol. The molecular formula is C12H12N2O2. The SMILES string of the molecule is CC(C)=Cc1c(O)nc2ccccn2c1=O. The molecule has 2 heterocycles. The topological polar surface area (TPSA) is 54.6 Å². The number of aromatic hydroxyl groups is 1. The van der Waals surface area contributed by atoms with Gasteiger partial charge in [0.05, 0.1) is 0 Å². The zero-order chi connectivity index (χ0) is 11.7. The van der Waals surface area contributed by atoms with E-state index in [0.717, 1.165) is 5.57 Å². The number of aromatic nitrogens is 2. The Labute approximate surface area is 92.5 Å². The molecule has 0 unspecified atom stereocenters. The normalized spacial score (nSPS) is 10.4. The minimum atomic E-state index is -0.260. The molecule has 2 aromatic rings. The van der Waals surface area contributed by atoms with Crippen LogP contribution in [0.15, 0.2) is 34.8 Å². The fourth-order valence-corrected chi connectivity index (χ4v) is 1.51. The number of rotatable bonds is 1. The molecule has 82 valence electrons. The highest BCUT2D eigenvalue weighted by molar-refractivity contribution is 5.58. The summed E-state index contributed by atoms with van der Waals surface area (Å²) in [6, 6.07) is 5.19. The molecule has 0 aliphatic heterocycles. The minimum absolute atomic E-state index is 0.225. The lowest BCUT2D eigenvalue weighted by atomic mass is 10.2. The molecule has 4 nitrogen and oxygen atoms in total. The van der Waals surface area contributed by atoms with Crippen molar-refractivity contribution in [3.8, 4) is 5.88 Å². The molecule has 0 aliphatic rings. The lowest BCUT2D eigenvalue weighted by Crippen LogP contribution is -2.17. The zero-order valence-corrected chi connectivity index (χ0v) is 9.14. The summed E-state index contributed by atoms with van der Waals surface area (Å²) >= 11 is 0. The third-order valence-electron chi connectivity index (χ3n) is 2.18. The number of nitrogens with zero attached hydrogens (tertiary/aromatic N) is 2. The molecule has 0 saturated carbocycles. The molecule has 4 heteroatoms. The van der Waals surface area contributed by atoms with Crippen LogP contribution in [0.3, 0.4) is 0 Å². The Morgan fingerprint density at radius 3 is 2.88 bits per heavy atom. The van der Waals surface area contributed by atoms with E-state index in [1.54, 1.807) is 30.5 Å². The highest BCUT2D eigenvalue weighted by Gasteiger charge is 2.08. The maximum atomic E-state index is 12.0. The molecule has 0 spiro atoms. The van der Waals surface area contributed by atoms with E-state index in [4.69, 9.17) is 0 Å². The number of hydrogen-bond acceptors (Lipinski definition) is 3. The highest BCUT2D eigenvalue weighted by Crippen LogP contribution is 2.14. The van der Waals surface area contributed by atoms with E-state index in [2.05, 4.69) is 4.98 Å². The Morgan fingerprint density at radius 2 is 2.19 bits per heavy atom. The first-order chi connectivity index (χ1) is 7.59. The van der Waals surface area contributed by atoms with Gasteiger partial charge in [-0.2, -0.15) is 4.98 Å². The summed E-state index contributed by atoms with van der Waals surface area (Å²) in [7, 11) is 0. The fraction of sp³-hybridized carbons (Fsp3) is 0.167. The van der Waals surface area contributed by atoms with Crippen molar-refractivity contribution in [2.75, 3.05) is 0 Å². The van der Waals surface area contributed by atoms with Crippen molar-refractivity contribution in [1.82, 2.24) is 9.38 Å². The van der Waals surface area contributed by atoms with Crippen LogP contribution in [0.5, 0.6) is 5.88 Å². The van der Waals surface area contributed by atoms with Crippen LogP contribution in [0.2, 0.25) is 0 Å². The lowest BCUT2D eigenvalue weighted by Gasteiger charge is -2.03. The molecule has 0 aromatic carbocycles. The Balaban J connectivity index is 2.86. The summed E-state index contributed by atoms with van der Waals surface area (Å²) in [5, 5.41) is 9.67. The summed E-state index contributed by atoms with van der Waals surface area (Å²) in [4.78, 5) is 16.0. The van der Waals surface area contributed by atoms with Gasteiger partial charge in [-0.1, -0.05) is 11.6 Å². The third kappa shape index (κ3) is 1.69. The van der Waals surface area contributed by atoms with Crippen molar-refractivity contribution in [3.05, 3.63) is 45.9 Å². The predicted molar refractivity (Wildman–Crippen MR) is 62.5 cm³/mol. The molecule has 0 amide bonds. The van der Waals surface area contributed by atoms with E-state index < -0.39 is 0 Å². The van der Waals surface area contributed by atoms with Gasteiger partial charge in [-0.25, -0.2) is 0 Å². The molecule has 1 N–H and O–H groups in total. The smallest absolute Gasteiger partial charge is 0.269 e. The summed E-state index contributed by atoms with van der Waals surface area (Å²) in [6.45, 7) is 3.72. The van der Waals surface area contributed by atoms with Crippen LogP contribution in [0.4, 0.5) is 0 Å². The van der Waals surface area contributed by atoms with Crippen molar-refractivity contribution in [2.45, 2.75) is 13.8 Å². The van der Waals surface area contributed by atoms with Crippen molar-refractivity contribution >= 4 is 11.7 Å². The second kappa shape index (κ2) is 3.81. The summed E-state index contributed by atoms with van der Waals surface area (Å²) in [5.41, 5.74) is 1.34. The van der Waals surface area contributed by atoms with Gasteiger partial charge in [-0.3, -0.25) is 9.20 Å². The van der Waals surface area contributed by atoms with Crippen LogP contribution in [-0.4, -0.2) is 14.5 Å². The predicted octanol–water partition coefficient (Wildman–Crippen LogP) is 1.82. The maximum absolute atomic E-state index is 12.0. The monoisotopic (exact) mass is 216 g/mol. The zero-order valence-electron chi connectivity index (χ0n) is 9.14. The van der Waals surface area contributed by atoms with Crippen LogP contribution < -0.4 is 5.56 Å². The van der Waals surface area contributed by atoms with Gasteiger partial charge in [0.2, 0.25) is 5.88 Å². The second-order valence-corrected chi connectivity index (χ2v) is 3.80. The Kier molecular flexibility index (Phi) is 2.48. The summed E-state index contributed by atoms with van der Waals surface area (Å²) < 4.78 is 1.41. The fourth-order valence-electron chi connectivity index (χ4n) is 1.51. The molecule has 0 bridgehead atoms. The minimum Gasteiger partial charge on any atom is -0.493 e. The van der Waals surface area contributed by atoms with Crippen LogP contribution in [-0.2, 0) is 0 Å². The van der Waals surface area contributed by atoms with Gasteiger partial charge < -0.3 is 5.11 Å². The quantitative estimate of drug-likeness (QED) is 0.791. The van der Waals surface area contributed by atoms with Gasteiger partial charge in [-0.05, 0) is 32.1 Å². The van der Waals surface area contributed by atoms with E-state index in [1.165, 1.54) is 4.40 Å². The lowest BCUT2D eigenvalue weighted by molar-refractivity contribution is 0.451. The van der Waals surface area contributed by atoms with E-state index >= 15 is 0 Å². The number of pyridine rings is 1. The molecule has 0 fully saturated rings. The van der Waals surface area contributed by atoms with Crippen molar-refractivity contribution in [1.29, 1.82) is 0 Å². The number of allylic oxidation sites excluding steroid dienone is 1. The molecule has 2 aromatic heterocycles. The average Bonchev–Trinajstić information content (AvgIpc) is 2.24. The molecule has 16 heavy (non-hydrogen) atoms. The molecule has 2 rings (SSSR count). The van der Waals surface area contributed by atoms with Gasteiger partial charge >= 0.3 is 0 Å². The molecule has 0 saturated heterocycles. The summed E-state index contributed by atoms with van der Waals surface area (Å²) in [5.74, 6) is -0.225. The van der Waals surface area contributed by atoms with Gasteiger partial charge in [0.1, 0.15) is 11.2 Å². The standard InChI is InChI=1S/C12H12N2O2/c1-8(2)7-9-11(15)13-10-5-3-4-6-14(10)12(9)16/h3-7,15H,1-2H3. The first-order valence-corrected chi connectivity index (χ1v) is 4.95. The molecule has 0 radical (unpaired) electrons. The van der Waals surface area contributed by atoms with E-state index in [-0.39, 0.29) is 17.0 Å². The van der Waals surface area contributed by atoms with E-state index in [0.29, 0.717) is 5.65 Å². The van der Waals surface area contributed by atoms with Crippen LogP contribution >= 0.6 is 0 Å². The first kappa shape index (κ1) is 10.4. The van der Waals surface area contributed by atoms with E-state index in [9.17, 15) is 9.90 Å². The Morgan fingerprint density at radius 1 is 1.44 bits per heavy atom. The van der Waals surface area contributed by atoms with Gasteiger partial charge in [0.15, 0.2) is 0 Å². The molecule has 0 atom stereocenters. The summed E-state index contributed by atoms with van der Waals surface area (Å²) in [6.07, 6.45) is 3.26. The van der Waals surface area contributed by atoms with Crippen molar-refractivity contribution in [2.24, 2.45) is 0 Å². The molecular weight excluding hydrogens is 204 g/mol. The van der Waals surface area contributed by atoms with Crippen molar-refractivity contribution in [3.63, 3.8) is 0 Å². The van der Waals surface area contributed by atoms with Gasteiger partial charge in [-0.15, -0.1) is 0 Å². The third-order valence-corrected chi connectivity index (χ3v) is 2.18. The Bertz CT molecular complexity index is 622. The van der Waals surface area contributed by atoms with Crippen LogP contribution in [0.1, 0.15) is 19.4 Å². The number of fused-ring (bicyclic) bond motifs is 1.